The number of hydrogen-bond acceptors (Lipinski definition) is 6. The van der Waals surface area contributed by atoms with E-state index >= 15 is 0 Å². The zero-order chi connectivity index (χ0) is 21.1. The fraction of sp³-hybridized carbons (Fsp3) is 0.333. The molecule has 0 amide bonds. The van der Waals surface area contributed by atoms with E-state index in [0.29, 0.717) is 31.4 Å². The number of sulfonamides is 1. The second-order valence-corrected chi connectivity index (χ2v) is 10.4. The van der Waals surface area contributed by atoms with E-state index in [2.05, 4.69) is 12.0 Å². The number of benzene rings is 1. The van der Waals surface area contributed by atoms with Crippen molar-refractivity contribution < 1.29 is 13.0 Å². The van der Waals surface area contributed by atoms with Crippen LogP contribution in [-0.4, -0.2) is 59.5 Å². The van der Waals surface area contributed by atoms with Crippen molar-refractivity contribution in [1.29, 1.82) is 5.41 Å². The summed E-state index contributed by atoms with van der Waals surface area (Å²) in [4.78, 5) is 2.27. The van der Waals surface area contributed by atoms with Crippen LogP contribution in [0, 0.1) is 11.3 Å². The van der Waals surface area contributed by atoms with E-state index < -0.39 is 10.0 Å². The normalized spacial score (nSPS) is 29.2. The van der Waals surface area contributed by atoms with Crippen molar-refractivity contribution in [1.82, 2.24) is 14.5 Å². The van der Waals surface area contributed by atoms with E-state index in [1.165, 1.54) is 4.31 Å². The van der Waals surface area contributed by atoms with Crippen LogP contribution >= 0.6 is 0 Å². The van der Waals surface area contributed by atoms with Crippen LogP contribution in [0.3, 0.4) is 0 Å². The van der Waals surface area contributed by atoms with Crippen LogP contribution in [0.15, 0.2) is 65.5 Å². The molecule has 5 rings (SSSR count). The maximum atomic E-state index is 12.9. The minimum atomic E-state index is -3.52. The molecule has 1 saturated carbocycles. The lowest BCUT2D eigenvalue weighted by Gasteiger charge is -2.23. The molecule has 3 aliphatic heterocycles. The van der Waals surface area contributed by atoms with Crippen molar-refractivity contribution in [2.75, 3.05) is 13.1 Å². The minimum absolute atomic E-state index is 0.102. The zero-order valence-electron chi connectivity index (χ0n) is 16.5. The largest absolute Gasteiger partial charge is 0.366 e. The first-order valence-electron chi connectivity index (χ1n) is 9.91. The molecule has 3 atom stereocenters. The summed E-state index contributed by atoms with van der Waals surface area (Å²) in [6.07, 6.45) is 10.6. The van der Waals surface area contributed by atoms with Crippen LogP contribution in [0.1, 0.15) is 12.0 Å². The van der Waals surface area contributed by atoms with Gasteiger partial charge in [-0.05, 0) is 42.2 Å². The third kappa shape index (κ3) is 3.19. The number of fused-ring (bicyclic) bond motifs is 2. The van der Waals surface area contributed by atoms with Gasteiger partial charge < -0.3 is 16.0 Å². The Balaban J connectivity index is 1.25. The van der Waals surface area contributed by atoms with Crippen LogP contribution in [0.4, 0.5) is 0 Å². The Morgan fingerprint density at radius 2 is 2.13 bits per heavy atom. The molecule has 8 nitrogen and oxygen atoms in total. The number of hydrogen-bond donors (Lipinski definition) is 3. The van der Waals surface area contributed by atoms with Gasteiger partial charge in [0.05, 0.1) is 17.2 Å². The third-order valence-electron chi connectivity index (χ3n) is 6.28. The summed E-state index contributed by atoms with van der Waals surface area (Å²) in [5, 5.41) is 11.6. The molecule has 3 heterocycles. The highest BCUT2D eigenvalue weighted by Crippen LogP contribution is 2.48. The molecule has 4 aliphatic rings. The zero-order valence-corrected chi connectivity index (χ0v) is 17.3. The topological polar surface area (TPSA) is 106 Å². The first-order valence-corrected chi connectivity index (χ1v) is 11.4. The van der Waals surface area contributed by atoms with E-state index in [9.17, 15) is 8.42 Å². The van der Waals surface area contributed by atoms with Crippen molar-refractivity contribution in [3.63, 3.8) is 0 Å². The molecule has 1 aliphatic carbocycles. The van der Waals surface area contributed by atoms with Gasteiger partial charge in [-0.15, -0.1) is 0 Å². The van der Waals surface area contributed by atoms with Gasteiger partial charge >= 0.3 is 5.84 Å². The summed E-state index contributed by atoms with van der Waals surface area (Å²) in [6.45, 7) is 5.30. The maximum Gasteiger partial charge on any atom is 0.323 e. The number of rotatable bonds is 5. The molecule has 2 fully saturated rings. The molecular weight excluding hydrogens is 400 g/mol. The summed E-state index contributed by atoms with van der Waals surface area (Å²) < 4.78 is 28.8. The molecule has 1 aromatic carbocycles. The number of amidine groups is 1. The van der Waals surface area contributed by atoms with Gasteiger partial charge in [-0.1, -0.05) is 17.5 Å². The van der Waals surface area contributed by atoms with Crippen molar-refractivity contribution in [2.45, 2.75) is 29.6 Å². The van der Waals surface area contributed by atoms with Crippen LogP contribution in [0.25, 0.3) is 0 Å². The molecule has 9 heteroatoms. The van der Waals surface area contributed by atoms with E-state index in [1.807, 2.05) is 35.7 Å². The molecule has 156 valence electrons. The second-order valence-electron chi connectivity index (χ2n) is 8.44. The Hall–Kier alpha value is -2.75. The van der Waals surface area contributed by atoms with Gasteiger partial charge in [-0.25, -0.2) is 13.0 Å². The fourth-order valence-corrected chi connectivity index (χ4v) is 5.85. The average Bonchev–Trinajstić information content (AvgIpc) is 3.07. The number of piperidine rings is 1. The van der Waals surface area contributed by atoms with Crippen molar-refractivity contribution in [3.05, 3.63) is 66.2 Å². The second kappa shape index (κ2) is 6.63. The fourth-order valence-electron chi connectivity index (χ4n) is 4.28. The van der Waals surface area contributed by atoms with E-state index in [1.54, 1.807) is 28.8 Å². The summed E-state index contributed by atoms with van der Waals surface area (Å²) in [6, 6.07) is 6.81. The maximum absolute atomic E-state index is 12.9. The highest BCUT2D eigenvalue weighted by molar-refractivity contribution is 7.89. The van der Waals surface area contributed by atoms with Gasteiger partial charge in [-0.3, -0.25) is 0 Å². The summed E-state index contributed by atoms with van der Waals surface area (Å²) in [5.41, 5.74) is 7.49. The molecule has 30 heavy (non-hydrogen) atoms. The molecule has 1 aromatic rings. The van der Waals surface area contributed by atoms with Crippen LogP contribution in [0.2, 0.25) is 0 Å². The molecule has 4 N–H and O–H groups in total. The molecular formula is C21H25N6O2S+. The van der Waals surface area contributed by atoms with Crippen LogP contribution in [-0.2, 0) is 16.6 Å². The number of nitrogens with zero attached hydrogens (tertiary/aromatic N) is 3. The Kier molecular flexibility index (Phi) is 4.25. The Bertz CT molecular complexity index is 1120. The first kappa shape index (κ1) is 19.2. The van der Waals surface area contributed by atoms with Crippen LogP contribution in [0.5, 0.6) is 0 Å². The average molecular weight is 426 g/mol. The monoisotopic (exact) mass is 425 g/mol. The molecule has 0 spiro atoms. The lowest BCUT2D eigenvalue weighted by Crippen LogP contribution is -2.37. The van der Waals surface area contributed by atoms with E-state index in [0.717, 1.165) is 17.6 Å². The molecule has 0 aromatic heterocycles. The van der Waals surface area contributed by atoms with Gasteiger partial charge in [0.2, 0.25) is 10.0 Å². The molecule has 3 unspecified atom stereocenters. The van der Waals surface area contributed by atoms with E-state index in [-0.39, 0.29) is 16.6 Å². The van der Waals surface area contributed by atoms with Gasteiger partial charge in [0, 0.05) is 37.2 Å². The summed E-state index contributed by atoms with van der Waals surface area (Å²) in [5.74, 6) is 0.591. The number of nitrogens with two attached hydrogens (primary N) is 1. The van der Waals surface area contributed by atoms with Gasteiger partial charge in [-0.2, -0.15) is 4.31 Å². The summed E-state index contributed by atoms with van der Waals surface area (Å²) in [7, 11) is -3.52. The molecule has 1 saturated heterocycles. The van der Waals surface area contributed by atoms with Gasteiger partial charge in [0.1, 0.15) is 12.7 Å². The predicted molar refractivity (Wildman–Crippen MR) is 114 cm³/mol. The van der Waals surface area contributed by atoms with E-state index in [4.69, 9.17) is 11.1 Å². The van der Waals surface area contributed by atoms with Crippen LogP contribution < -0.4 is 11.1 Å². The molecule has 0 radical (unpaired) electrons. The quantitative estimate of drug-likeness (QED) is 0.367. The predicted octanol–water partition coefficient (Wildman–Crippen LogP) is 0.755. The smallest absolute Gasteiger partial charge is 0.323 e. The highest BCUT2D eigenvalue weighted by atomic mass is 32.2. The minimum Gasteiger partial charge on any atom is -0.366 e. The Labute approximate surface area is 176 Å². The third-order valence-corrected chi connectivity index (χ3v) is 8.11. The lowest BCUT2D eigenvalue weighted by molar-refractivity contribution is -0.416. The van der Waals surface area contributed by atoms with Crippen molar-refractivity contribution in [3.8, 4) is 0 Å². The Morgan fingerprint density at radius 1 is 1.37 bits per heavy atom. The lowest BCUT2D eigenvalue weighted by atomic mass is 10.1. The van der Waals surface area contributed by atoms with Gasteiger partial charge in [0.15, 0.2) is 0 Å². The highest BCUT2D eigenvalue weighted by Gasteiger charge is 2.59. The Morgan fingerprint density at radius 3 is 2.83 bits per heavy atom. The van der Waals surface area contributed by atoms with Crippen molar-refractivity contribution >= 4 is 22.6 Å². The first-order chi connectivity index (χ1) is 14.3. The van der Waals surface area contributed by atoms with Gasteiger partial charge in [0.25, 0.3) is 0 Å². The molecule has 0 bridgehead atoms. The standard InChI is InChI=1S/C21H25N6O2S/c1-25(20(22)16-4-7-19-24-8-9-26(19)12-16)11-15-2-5-18(6-3-15)30(28,29)27-13-17-10-21(17,23)14-27/h2-9,12,17,19,22,24H,1,10-11,13-14,23H2/q+1. The SMILES string of the molecule is C=[N+](Cc1ccc(S(=O)(=O)N2CC3CC3(N)C2)cc1)C(=N)C1=CN2C=CNC2C=C1. The van der Waals surface area contributed by atoms with Crippen molar-refractivity contribution in [2.24, 2.45) is 11.7 Å². The summed E-state index contributed by atoms with van der Waals surface area (Å²) >= 11 is 0. The number of nitrogens with one attached hydrogen (secondary N) is 2.